The Balaban J connectivity index is 1.65. The minimum atomic E-state index is 0.103. The fourth-order valence-corrected chi connectivity index (χ4v) is 2.74. The number of nitrogens with one attached hydrogen (secondary N) is 1. The number of amides is 1. The maximum absolute atomic E-state index is 12.2. The van der Waals surface area contributed by atoms with Crippen molar-refractivity contribution in [2.45, 2.75) is 32.1 Å². The van der Waals surface area contributed by atoms with Crippen LogP contribution >= 0.6 is 0 Å². The van der Waals surface area contributed by atoms with Crippen LogP contribution in [0.1, 0.15) is 32.1 Å². The molecule has 1 N–H and O–H groups in total. The van der Waals surface area contributed by atoms with Gasteiger partial charge in [0.1, 0.15) is 0 Å². The van der Waals surface area contributed by atoms with Crippen LogP contribution in [0.15, 0.2) is 42.7 Å². The molecule has 0 spiro atoms. The number of carbonyl (C=O) groups excluding carboxylic acids is 1. The molecule has 21 heavy (non-hydrogen) atoms. The van der Waals surface area contributed by atoms with Crippen LogP contribution in [0.25, 0.3) is 11.4 Å². The minimum absolute atomic E-state index is 0.103. The summed E-state index contributed by atoms with van der Waals surface area (Å²) in [5, 5.41) is 2.93. The van der Waals surface area contributed by atoms with Gasteiger partial charge in [-0.3, -0.25) is 4.79 Å². The zero-order valence-electron chi connectivity index (χ0n) is 12.0. The number of nitrogens with zero attached hydrogens (tertiary/aromatic N) is 2. The van der Waals surface area contributed by atoms with Gasteiger partial charge < -0.3 is 5.32 Å². The first-order valence-electron chi connectivity index (χ1n) is 7.51. The summed E-state index contributed by atoms with van der Waals surface area (Å²) in [5.41, 5.74) is 1.65. The fourth-order valence-electron chi connectivity index (χ4n) is 2.74. The topological polar surface area (TPSA) is 54.9 Å². The number of rotatable bonds is 3. The Hall–Kier alpha value is -2.23. The Morgan fingerprint density at radius 2 is 1.67 bits per heavy atom. The summed E-state index contributed by atoms with van der Waals surface area (Å²) in [4.78, 5) is 20.8. The van der Waals surface area contributed by atoms with E-state index in [1.165, 1.54) is 6.42 Å². The smallest absolute Gasteiger partial charge is 0.227 e. The second-order valence-electron chi connectivity index (χ2n) is 5.49. The molecule has 2 aromatic rings. The van der Waals surface area contributed by atoms with E-state index < -0.39 is 0 Å². The molecule has 0 bridgehead atoms. The number of aromatic nitrogens is 2. The van der Waals surface area contributed by atoms with E-state index in [1.807, 2.05) is 30.3 Å². The van der Waals surface area contributed by atoms with E-state index in [2.05, 4.69) is 15.3 Å². The van der Waals surface area contributed by atoms with Gasteiger partial charge in [-0.2, -0.15) is 0 Å². The van der Waals surface area contributed by atoms with Crippen LogP contribution in [-0.2, 0) is 4.79 Å². The van der Waals surface area contributed by atoms with E-state index in [-0.39, 0.29) is 11.8 Å². The molecule has 0 aliphatic heterocycles. The second-order valence-corrected chi connectivity index (χ2v) is 5.49. The number of anilines is 1. The molecule has 0 saturated heterocycles. The lowest BCUT2D eigenvalue weighted by atomic mass is 9.89. The van der Waals surface area contributed by atoms with Crippen LogP contribution in [-0.4, -0.2) is 15.9 Å². The molecule has 0 radical (unpaired) electrons. The SMILES string of the molecule is O=C(Nc1cnc(-c2ccccc2)nc1)C1CCCCC1. The summed E-state index contributed by atoms with van der Waals surface area (Å²) in [6.45, 7) is 0. The van der Waals surface area contributed by atoms with Gasteiger partial charge in [0.15, 0.2) is 5.82 Å². The van der Waals surface area contributed by atoms with Crippen molar-refractivity contribution in [2.75, 3.05) is 5.32 Å². The highest BCUT2D eigenvalue weighted by Gasteiger charge is 2.21. The maximum Gasteiger partial charge on any atom is 0.227 e. The second kappa shape index (κ2) is 6.48. The van der Waals surface area contributed by atoms with E-state index in [1.54, 1.807) is 12.4 Å². The zero-order valence-corrected chi connectivity index (χ0v) is 12.0. The summed E-state index contributed by atoms with van der Waals surface area (Å²) in [6, 6.07) is 9.81. The van der Waals surface area contributed by atoms with Gasteiger partial charge in [0.05, 0.1) is 18.1 Å². The van der Waals surface area contributed by atoms with Gasteiger partial charge in [-0.1, -0.05) is 49.6 Å². The summed E-state index contributed by atoms with van der Waals surface area (Å²) < 4.78 is 0. The number of hydrogen-bond donors (Lipinski definition) is 1. The van der Waals surface area contributed by atoms with Crippen LogP contribution in [0.2, 0.25) is 0 Å². The Labute approximate surface area is 124 Å². The number of benzene rings is 1. The average Bonchev–Trinajstić information content (AvgIpc) is 2.57. The Kier molecular flexibility index (Phi) is 4.24. The van der Waals surface area contributed by atoms with Crippen molar-refractivity contribution < 1.29 is 4.79 Å². The Morgan fingerprint density at radius 3 is 2.33 bits per heavy atom. The molecule has 1 aromatic carbocycles. The highest BCUT2D eigenvalue weighted by Crippen LogP contribution is 2.25. The fraction of sp³-hybridized carbons (Fsp3) is 0.353. The molecule has 1 saturated carbocycles. The van der Waals surface area contributed by atoms with Crippen LogP contribution in [0.3, 0.4) is 0 Å². The third kappa shape index (κ3) is 3.45. The van der Waals surface area contributed by atoms with Gasteiger partial charge in [0.2, 0.25) is 5.91 Å². The van der Waals surface area contributed by atoms with E-state index in [0.29, 0.717) is 11.5 Å². The molecule has 0 unspecified atom stereocenters. The van der Waals surface area contributed by atoms with Crippen molar-refractivity contribution in [1.82, 2.24) is 9.97 Å². The predicted octanol–water partition coefficient (Wildman–Crippen LogP) is 3.66. The molecule has 1 aliphatic carbocycles. The molecule has 1 aliphatic rings. The van der Waals surface area contributed by atoms with E-state index >= 15 is 0 Å². The van der Waals surface area contributed by atoms with Gasteiger partial charge >= 0.3 is 0 Å². The lowest BCUT2D eigenvalue weighted by molar-refractivity contribution is -0.120. The summed E-state index contributed by atoms with van der Waals surface area (Å²) >= 11 is 0. The molecule has 0 atom stereocenters. The molecular formula is C17H19N3O. The maximum atomic E-state index is 12.2. The van der Waals surface area contributed by atoms with Gasteiger partial charge in [0, 0.05) is 11.5 Å². The first kappa shape index (κ1) is 13.7. The van der Waals surface area contributed by atoms with Crippen LogP contribution < -0.4 is 5.32 Å². The first-order valence-corrected chi connectivity index (χ1v) is 7.51. The number of carbonyl (C=O) groups is 1. The molecular weight excluding hydrogens is 262 g/mol. The average molecular weight is 281 g/mol. The van der Waals surface area contributed by atoms with Gasteiger partial charge in [0.25, 0.3) is 0 Å². The summed E-state index contributed by atoms with van der Waals surface area (Å²) in [7, 11) is 0. The standard InChI is InChI=1S/C17H19N3O/c21-17(14-9-5-2-6-10-14)20-15-11-18-16(19-12-15)13-7-3-1-4-8-13/h1,3-4,7-8,11-12,14H,2,5-6,9-10H2,(H,20,21). The first-order chi connectivity index (χ1) is 10.3. The lowest BCUT2D eigenvalue weighted by Crippen LogP contribution is -2.24. The third-order valence-corrected chi connectivity index (χ3v) is 3.93. The monoisotopic (exact) mass is 281 g/mol. The molecule has 4 heteroatoms. The predicted molar refractivity (Wildman–Crippen MR) is 82.7 cm³/mol. The zero-order chi connectivity index (χ0) is 14.5. The van der Waals surface area contributed by atoms with Crippen molar-refractivity contribution in [3.05, 3.63) is 42.7 Å². The lowest BCUT2D eigenvalue weighted by Gasteiger charge is -2.20. The van der Waals surface area contributed by atoms with E-state index in [0.717, 1.165) is 31.2 Å². The largest absolute Gasteiger partial charge is 0.323 e. The van der Waals surface area contributed by atoms with Gasteiger partial charge in [-0.25, -0.2) is 9.97 Å². The van der Waals surface area contributed by atoms with Crippen molar-refractivity contribution in [3.63, 3.8) is 0 Å². The normalized spacial score (nSPS) is 15.6. The quantitative estimate of drug-likeness (QED) is 0.934. The molecule has 4 nitrogen and oxygen atoms in total. The molecule has 1 fully saturated rings. The Morgan fingerprint density at radius 1 is 1.00 bits per heavy atom. The van der Waals surface area contributed by atoms with Crippen LogP contribution in [0.5, 0.6) is 0 Å². The van der Waals surface area contributed by atoms with E-state index in [4.69, 9.17) is 0 Å². The highest BCUT2D eigenvalue weighted by molar-refractivity contribution is 5.92. The van der Waals surface area contributed by atoms with Gasteiger partial charge in [-0.05, 0) is 12.8 Å². The van der Waals surface area contributed by atoms with Gasteiger partial charge in [-0.15, -0.1) is 0 Å². The molecule has 108 valence electrons. The molecule has 1 aromatic heterocycles. The molecule has 1 amide bonds. The van der Waals surface area contributed by atoms with Crippen molar-refractivity contribution in [1.29, 1.82) is 0 Å². The highest BCUT2D eigenvalue weighted by atomic mass is 16.1. The summed E-state index contributed by atoms with van der Waals surface area (Å²) in [6.07, 6.45) is 8.90. The van der Waals surface area contributed by atoms with Crippen molar-refractivity contribution in [2.24, 2.45) is 5.92 Å². The van der Waals surface area contributed by atoms with Crippen molar-refractivity contribution >= 4 is 11.6 Å². The Bertz CT molecular complexity index is 589. The molecule has 1 heterocycles. The summed E-state index contributed by atoms with van der Waals surface area (Å²) in [5.74, 6) is 0.921. The third-order valence-electron chi connectivity index (χ3n) is 3.93. The molecule has 3 rings (SSSR count). The number of hydrogen-bond acceptors (Lipinski definition) is 3. The van der Waals surface area contributed by atoms with Crippen molar-refractivity contribution in [3.8, 4) is 11.4 Å². The van der Waals surface area contributed by atoms with E-state index in [9.17, 15) is 4.79 Å². The van der Waals surface area contributed by atoms with Crippen LogP contribution in [0, 0.1) is 5.92 Å². The minimum Gasteiger partial charge on any atom is -0.323 e. The van der Waals surface area contributed by atoms with Crippen LogP contribution in [0.4, 0.5) is 5.69 Å².